The molecular formula is C18H16F4O2. The lowest BCUT2D eigenvalue weighted by atomic mass is 10.0. The number of carbonyl (C=O) groups excluding carboxylic acids is 1. The van der Waals surface area contributed by atoms with Gasteiger partial charge in [0.2, 0.25) is 0 Å². The summed E-state index contributed by atoms with van der Waals surface area (Å²) in [6.45, 7) is 0.400. The lowest BCUT2D eigenvalue weighted by molar-refractivity contribution is -0.155. The molecule has 6 heteroatoms. The van der Waals surface area contributed by atoms with Gasteiger partial charge in [0.05, 0.1) is 5.56 Å². The van der Waals surface area contributed by atoms with Gasteiger partial charge in [0, 0.05) is 0 Å². The normalized spacial score (nSPS) is 11.6. The highest BCUT2D eigenvalue weighted by atomic mass is 19.3. The van der Waals surface area contributed by atoms with Gasteiger partial charge in [-0.1, -0.05) is 43.3 Å². The summed E-state index contributed by atoms with van der Waals surface area (Å²) in [5, 5.41) is 0. The van der Waals surface area contributed by atoms with Gasteiger partial charge in [0.1, 0.15) is 0 Å². The minimum atomic E-state index is -4.35. The molecular weight excluding hydrogens is 324 g/mol. The van der Waals surface area contributed by atoms with Crippen molar-refractivity contribution in [1.29, 1.82) is 0 Å². The lowest BCUT2D eigenvalue weighted by Crippen LogP contribution is -2.33. The van der Waals surface area contributed by atoms with Crippen LogP contribution in [0.15, 0.2) is 48.5 Å². The number of aryl methyl sites for hydroxylation is 1. The van der Waals surface area contributed by atoms with E-state index in [0.29, 0.717) is 0 Å². The Hall–Kier alpha value is -2.37. The number of carbonyl (C=O) groups is 1. The Kier molecular flexibility index (Phi) is 5.59. The first-order valence-electron chi connectivity index (χ1n) is 7.36. The van der Waals surface area contributed by atoms with E-state index in [4.69, 9.17) is 0 Å². The van der Waals surface area contributed by atoms with Gasteiger partial charge in [0.25, 0.3) is 0 Å². The maximum atomic E-state index is 12.7. The standard InChI is InChI=1S/C18H16F4O2/c1-2-12-3-5-13(6-4-12)14-7-9-15(10-8-14)16(23)24-11-18(21,22)17(19)20/h3-10,17H,2,11H2,1H3. The van der Waals surface area contributed by atoms with E-state index in [0.717, 1.165) is 17.5 Å². The summed E-state index contributed by atoms with van der Waals surface area (Å²) in [4.78, 5) is 11.6. The Labute approximate surface area is 137 Å². The van der Waals surface area contributed by atoms with E-state index in [9.17, 15) is 22.4 Å². The number of hydrogen-bond acceptors (Lipinski definition) is 2. The lowest BCUT2D eigenvalue weighted by Gasteiger charge is -2.15. The van der Waals surface area contributed by atoms with E-state index >= 15 is 0 Å². The highest BCUT2D eigenvalue weighted by molar-refractivity contribution is 5.90. The Balaban J connectivity index is 2.04. The molecule has 0 radical (unpaired) electrons. The number of halogens is 4. The minimum absolute atomic E-state index is 0.0222. The van der Waals surface area contributed by atoms with Gasteiger partial charge in [-0.05, 0) is 35.2 Å². The summed E-state index contributed by atoms with van der Waals surface area (Å²) >= 11 is 0. The van der Waals surface area contributed by atoms with Crippen molar-refractivity contribution in [3.8, 4) is 11.1 Å². The molecule has 0 saturated heterocycles. The molecule has 24 heavy (non-hydrogen) atoms. The molecule has 2 aromatic rings. The summed E-state index contributed by atoms with van der Waals surface area (Å²) < 4.78 is 53.8. The van der Waals surface area contributed by atoms with Crippen LogP contribution in [-0.4, -0.2) is 24.9 Å². The first-order chi connectivity index (χ1) is 11.3. The zero-order valence-electron chi connectivity index (χ0n) is 12.9. The van der Waals surface area contributed by atoms with E-state index in [1.807, 2.05) is 31.2 Å². The molecule has 0 aliphatic carbocycles. The van der Waals surface area contributed by atoms with Crippen molar-refractivity contribution in [2.45, 2.75) is 25.7 Å². The maximum absolute atomic E-state index is 12.7. The highest BCUT2D eigenvalue weighted by Crippen LogP contribution is 2.24. The topological polar surface area (TPSA) is 26.3 Å². The Morgan fingerprint density at radius 1 is 1.00 bits per heavy atom. The van der Waals surface area contributed by atoms with Crippen LogP contribution in [0.3, 0.4) is 0 Å². The third kappa shape index (κ3) is 4.34. The van der Waals surface area contributed by atoms with Crippen molar-refractivity contribution in [1.82, 2.24) is 0 Å². The summed E-state index contributed by atoms with van der Waals surface area (Å²) in [5.74, 6) is -5.42. The molecule has 2 rings (SSSR count). The number of hydrogen-bond donors (Lipinski definition) is 0. The molecule has 2 nitrogen and oxygen atoms in total. The van der Waals surface area contributed by atoms with Crippen molar-refractivity contribution in [3.05, 3.63) is 59.7 Å². The molecule has 0 amide bonds. The SMILES string of the molecule is CCc1ccc(-c2ccc(C(=O)OCC(F)(F)C(F)F)cc2)cc1. The van der Waals surface area contributed by atoms with E-state index in [2.05, 4.69) is 4.74 Å². The average Bonchev–Trinajstić information content (AvgIpc) is 2.60. The van der Waals surface area contributed by atoms with Crippen LogP contribution in [0.25, 0.3) is 11.1 Å². The predicted molar refractivity (Wildman–Crippen MR) is 82.5 cm³/mol. The van der Waals surface area contributed by atoms with Gasteiger partial charge in [-0.3, -0.25) is 0 Å². The third-order valence-electron chi connectivity index (χ3n) is 3.53. The van der Waals surface area contributed by atoms with Gasteiger partial charge in [-0.25, -0.2) is 13.6 Å². The van der Waals surface area contributed by atoms with Crippen LogP contribution in [0.2, 0.25) is 0 Å². The number of rotatable bonds is 6. The molecule has 128 valence electrons. The summed E-state index contributed by atoms with van der Waals surface area (Å²) in [6, 6.07) is 14.0. The summed E-state index contributed by atoms with van der Waals surface area (Å²) in [7, 11) is 0. The van der Waals surface area contributed by atoms with Crippen LogP contribution in [-0.2, 0) is 11.2 Å². The smallest absolute Gasteiger partial charge is 0.340 e. The van der Waals surface area contributed by atoms with Crippen LogP contribution in [0, 0.1) is 0 Å². The van der Waals surface area contributed by atoms with Crippen molar-refractivity contribution < 1.29 is 27.1 Å². The Morgan fingerprint density at radius 3 is 1.96 bits per heavy atom. The second-order valence-corrected chi connectivity index (χ2v) is 5.27. The van der Waals surface area contributed by atoms with E-state index in [1.54, 1.807) is 12.1 Å². The zero-order chi connectivity index (χ0) is 17.7. The van der Waals surface area contributed by atoms with Crippen LogP contribution in [0.1, 0.15) is 22.8 Å². The first-order valence-corrected chi connectivity index (χ1v) is 7.36. The van der Waals surface area contributed by atoms with Gasteiger partial charge in [-0.15, -0.1) is 0 Å². The molecule has 0 N–H and O–H groups in total. The first kappa shape index (κ1) is 18.0. The van der Waals surface area contributed by atoms with E-state index < -0.39 is 24.9 Å². The minimum Gasteiger partial charge on any atom is -0.455 e. The molecule has 0 spiro atoms. The maximum Gasteiger partial charge on any atom is 0.340 e. The Morgan fingerprint density at radius 2 is 1.50 bits per heavy atom. The molecule has 0 heterocycles. The summed E-state index contributed by atoms with van der Waals surface area (Å²) in [5.41, 5.74) is 3.00. The molecule has 0 saturated carbocycles. The fourth-order valence-electron chi connectivity index (χ4n) is 2.04. The zero-order valence-corrected chi connectivity index (χ0v) is 12.9. The molecule has 2 aromatic carbocycles. The van der Waals surface area contributed by atoms with Gasteiger partial charge < -0.3 is 4.74 Å². The Bertz CT molecular complexity index is 679. The van der Waals surface area contributed by atoms with Crippen LogP contribution in [0.4, 0.5) is 17.6 Å². The van der Waals surface area contributed by atoms with Crippen LogP contribution >= 0.6 is 0 Å². The molecule has 0 fully saturated rings. The van der Waals surface area contributed by atoms with Crippen molar-refractivity contribution in [3.63, 3.8) is 0 Å². The molecule has 0 unspecified atom stereocenters. The molecule has 0 aromatic heterocycles. The van der Waals surface area contributed by atoms with E-state index in [-0.39, 0.29) is 5.56 Å². The molecule has 0 bridgehead atoms. The number of benzene rings is 2. The number of alkyl halides is 4. The average molecular weight is 340 g/mol. The quantitative estimate of drug-likeness (QED) is 0.548. The van der Waals surface area contributed by atoms with Gasteiger partial charge in [-0.2, -0.15) is 8.78 Å². The monoisotopic (exact) mass is 340 g/mol. The van der Waals surface area contributed by atoms with Crippen molar-refractivity contribution in [2.75, 3.05) is 6.61 Å². The number of esters is 1. The van der Waals surface area contributed by atoms with Gasteiger partial charge >= 0.3 is 18.3 Å². The second-order valence-electron chi connectivity index (χ2n) is 5.27. The highest BCUT2D eigenvalue weighted by Gasteiger charge is 2.42. The fraction of sp³-hybridized carbons (Fsp3) is 0.278. The van der Waals surface area contributed by atoms with E-state index in [1.165, 1.54) is 17.7 Å². The van der Waals surface area contributed by atoms with Gasteiger partial charge in [0.15, 0.2) is 6.61 Å². The molecule has 0 aliphatic rings. The molecule has 0 aliphatic heterocycles. The third-order valence-corrected chi connectivity index (χ3v) is 3.53. The largest absolute Gasteiger partial charge is 0.455 e. The summed E-state index contributed by atoms with van der Waals surface area (Å²) in [6.07, 6.45) is -2.95. The van der Waals surface area contributed by atoms with Crippen molar-refractivity contribution >= 4 is 5.97 Å². The fourth-order valence-corrected chi connectivity index (χ4v) is 2.04. The number of ether oxygens (including phenoxy) is 1. The van der Waals surface area contributed by atoms with Crippen LogP contribution in [0.5, 0.6) is 0 Å². The van der Waals surface area contributed by atoms with Crippen molar-refractivity contribution in [2.24, 2.45) is 0 Å². The predicted octanol–water partition coefficient (Wildman–Crippen LogP) is 4.97. The molecule has 0 atom stereocenters. The second kappa shape index (κ2) is 7.47. The van der Waals surface area contributed by atoms with Crippen LogP contribution < -0.4 is 0 Å².